The van der Waals surface area contributed by atoms with E-state index in [0.29, 0.717) is 4.47 Å². The van der Waals surface area contributed by atoms with Crippen molar-refractivity contribution in [3.63, 3.8) is 0 Å². The highest BCUT2D eigenvalue weighted by Crippen LogP contribution is 2.30. The van der Waals surface area contributed by atoms with E-state index in [-0.39, 0.29) is 5.56 Å². The molecule has 0 aromatic heterocycles. The van der Waals surface area contributed by atoms with Crippen LogP contribution >= 0.6 is 27.5 Å². The molecule has 0 spiro atoms. The Morgan fingerprint density at radius 2 is 2.06 bits per heavy atom. The molecule has 0 saturated carbocycles. The van der Waals surface area contributed by atoms with Gasteiger partial charge in [0.25, 0.3) is 0 Å². The largest absolute Gasteiger partial charge is 0.573 e. The van der Waals surface area contributed by atoms with Crippen LogP contribution in [0.5, 0.6) is 5.75 Å². The number of nitrogens with zero attached hydrogens (tertiary/aromatic N) is 1. The van der Waals surface area contributed by atoms with Crippen molar-refractivity contribution in [2.45, 2.75) is 6.36 Å². The minimum absolute atomic E-state index is 0.170. The number of halogens is 5. The van der Waals surface area contributed by atoms with E-state index >= 15 is 0 Å². The fourth-order valence-corrected chi connectivity index (χ4v) is 1.44. The molecule has 0 aliphatic rings. The van der Waals surface area contributed by atoms with Crippen LogP contribution in [-0.2, 0) is 0 Å². The monoisotopic (exact) mass is 317 g/mol. The Kier molecular flexibility index (Phi) is 4.03. The normalized spacial score (nSPS) is 12.7. The molecule has 0 aliphatic carbocycles. The Balaban J connectivity index is 3.18. The van der Waals surface area contributed by atoms with Crippen molar-refractivity contribution < 1.29 is 23.1 Å². The van der Waals surface area contributed by atoms with Gasteiger partial charge in [0.15, 0.2) is 5.17 Å². The Morgan fingerprint density at radius 3 is 2.56 bits per heavy atom. The molecule has 0 heterocycles. The highest BCUT2D eigenvalue weighted by Gasteiger charge is 2.32. The van der Waals surface area contributed by atoms with Crippen LogP contribution < -0.4 is 4.74 Å². The number of hydrogen-bond donors (Lipinski definition) is 1. The third kappa shape index (κ3) is 3.57. The molecule has 1 aromatic carbocycles. The summed E-state index contributed by atoms with van der Waals surface area (Å²) in [7, 11) is 0. The second-order valence-corrected chi connectivity index (χ2v) is 3.85. The van der Waals surface area contributed by atoms with Gasteiger partial charge in [-0.15, -0.1) is 13.2 Å². The van der Waals surface area contributed by atoms with Gasteiger partial charge in [-0.1, -0.05) is 32.7 Å². The van der Waals surface area contributed by atoms with Crippen LogP contribution in [0.1, 0.15) is 5.56 Å². The van der Waals surface area contributed by atoms with Gasteiger partial charge in [-0.3, -0.25) is 0 Å². The summed E-state index contributed by atoms with van der Waals surface area (Å²) in [4.78, 5) is 0. The minimum atomic E-state index is -4.84. The fourth-order valence-electron chi connectivity index (χ4n) is 0.931. The van der Waals surface area contributed by atoms with Crippen molar-refractivity contribution in [1.82, 2.24) is 0 Å². The number of rotatable bonds is 2. The maximum atomic E-state index is 12.0. The van der Waals surface area contributed by atoms with Crippen LogP contribution in [0, 0.1) is 0 Å². The first kappa shape index (κ1) is 13.1. The molecule has 16 heavy (non-hydrogen) atoms. The van der Waals surface area contributed by atoms with Gasteiger partial charge in [-0.2, -0.15) is 0 Å². The van der Waals surface area contributed by atoms with E-state index in [1.165, 1.54) is 12.1 Å². The maximum Gasteiger partial charge on any atom is 0.573 e. The predicted octanol–water partition coefficient (Wildman–Crippen LogP) is 3.72. The quantitative estimate of drug-likeness (QED) is 0.513. The highest BCUT2D eigenvalue weighted by molar-refractivity contribution is 9.10. The number of ether oxygens (including phenoxy) is 1. The summed E-state index contributed by atoms with van der Waals surface area (Å²) in [5.74, 6) is -0.543. The zero-order valence-electron chi connectivity index (χ0n) is 7.42. The predicted molar refractivity (Wildman–Crippen MR) is 55.0 cm³/mol. The topological polar surface area (TPSA) is 41.8 Å². The van der Waals surface area contributed by atoms with Gasteiger partial charge < -0.3 is 9.94 Å². The van der Waals surface area contributed by atoms with Crippen molar-refractivity contribution in [2.24, 2.45) is 5.16 Å². The van der Waals surface area contributed by atoms with E-state index in [9.17, 15) is 13.2 Å². The van der Waals surface area contributed by atoms with E-state index in [4.69, 9.17) is 16.8 Å². The molecule has 0 saturated heterocycles. The first-order valence-corrected chi connectivity index (χ1v) is 4.94. The van der Waals surface area contributed by atoms with Crippen LogP contribution in [0.3, 0.4) is 0 Å². The standard InChI is InChI=1S/C8H4BrClF3NO2/c9-4-1-2-6(16-8(11,12)13)5(3-4)7(10)14-15/h1-3,15H. The van der Waals surface area contributed by atoms with E-state index < -0.39 is 17.3 Å². The second kappa shape index (κ2) is 4.92. The maximum absolute atomic E-state index is 12.0. The summed E-state index contributed by atoms with van der Waals surface area (Å²) in [5, 5.41) is 10.5. The highest BCUT2D eigenvalue weighted by atomic mass is 79.9. The molecule has 0 amide bonds. The van der Waals surface area contributed by atoms with Gasteiger partial charge in [0.2, 0.25) is 0 Å². The summed E-state index contributed by atoms with van der Waals surface area (Å²) in [6, 6.07) is 3.63. The van der Waals surface area contributed by atoms with Gasteiger partial charge in [-0.25, -0.2) is 0 Å². The zero-order chi connectivity index (χ0) is 12.3. The molecule has 0 atom stereocenters. The molecule has 0 unspecified atom stereocenters. The third-order valence-electron chi connectivity index (χ3n) is 1.48. The van der Waals surface area contributed by atoms with Crippen molar-refractivity contribution in [3.05, 3.63) is 28.2 Å². The van der Waals surface area contributed by atoms with Crippen molar-refractivity contribution in [2.75, 3.05) is 0 Å². The van der Waals surface area contributed by atoms with E-state index in [0.717, 1.165) is 6.07 Å². The lowest BCUT2D eigenvalue weighted by molar-refractivity contribution is -0.274. The van der Waals surface area contributed by atoms with E-state index in [1.54, 1.807) is 0 Å². The van der Waals surface area contributed by atoms with Gasteiger partial charge >= 0.3 is 6.36 Å². The molecular formula is C8H4BrClF3NO2. The molecule has 88 valence electrons. The number of alkyl halides is 3. The van der Waals surface area contributed by atoms with E-state index in [1.807, 2.05) is 0 Å². The Bertz CT molecular complexity index is 422. The molecule has 3 nitrogen and oxygen atoms in total. The molecule has 0 radical (unpaired) electrons. The molecule has 8 heteroatoms. The lowest BCUT2D eigenvalue weighted by atomic mass is 10.2. The summed E-state index contributed by atoms with van der Waals surface area (Å²) < 4.78 is 40.2. The molecule has 0 fully saturated rings. The summed E-state index contributed by atoms with van der Waals surface area (Å²) in [6.07, 6.45) is -4.84. The fraction of sp³-hybridized carbons (Fsp3) is 0.125. The minimum Gasteiger partial charge on any atom is -0.410 e. The van der Waals surface area contributed by atoms with Crippen molar-refractivity contribution in [1.29, 1.82) is 0 Å². The Labute approximate surface area is 102 Å². The number of benzene rings is 1. The van der Waals surface area contributed by atoms with Crippen LogP contribution in [-0.4, -0.2) is 16.7 Å². The first-order chi connectivity index (χ1) is 7.33. The molecular weight excluding hydrogens is 314 g/mol. The van der Waals surface area contributed by atoms with Gasteiger partial charge in [0.1, 0.15) is 5.75 Å². The Hall–Kier alpha value is -0.950. The SMILES string of the molecule is ON=C(Cl)c1cc(Br)ccc1OC(F)(F)F. The number of oxime groups is 1. The molecule has 0 aliphatic heterocycles. The zero-order valence-corrected chi connectivity index (χ0v) is 9.77. The van der Waals surface area contributed by atoms with Gasteiger partial charge in [-0.05, 0) is 18.2 Å². The van der Waals surface area contributed by atoms with Crippen molar-refractivity contribution in [3.8, 4) is 5.75 Å². The Morgan fingerprint density at radius 1 is 1.44 bits per heavy atom. The number of hydrogen-bond acceptors (Lipinski definition) is 3. The molecule has 1 N–H and O–H groups in total. The van der Waals surface area contributed by atoms with Crippen LogP contribution in [0.2, 0.25) is 0 Å². The molecule has 1 rings (SSSR count). The van der Waals surface area contributed by atoms with Crippen molar-refractivity contribution >= 4 is 32.7 Å². The van der Waals surface area contributed by atoms with Gasteiger partial charge in [0.05, 0.1) is 5.56 Å². The lowest BCUT2D eigenvalue weighted by Gasteiger charge is -2.12. The van der Waals surface area contributed by atoms with Crippen LogP contribution in [0.15, 0.2) is 27.8 Å². The summed E-state index contributed by atoms with van der Waals surface area (Å²) in [6.45, 7) is 0. The lowest BCUT2D eigenvalue weighted by Crippen LogP contribution is -2.18. The summed E-state index contributed by atoms with van der Waals surface area (Å²) >= 11 is 8.47. The van der Waals surface area contributed by atoms with Crippen LogP contribution in [0.25, 0.3) is 0 Å². The second-order valence-electron chi connectivity index (χ2n) is 2.58. The van der Waals surface area contributed by atoms with E-state index in [2.05, 4.69) is 25.8 Å². The summed E-state index contributed by atoms with van der Waals surface area (Å²) in [5.41, 5.74) is -0.170. The van der Waals surface area contributed by atoms with Crippen LogP contribution in [0.4, 0.5) is 13.2 Å². The average Bonchev–Trinajstić information content (AvgIpc) is 2.17. The first-order valence-electron chi connectivity index (χ1n) is 3.76. The smallest absolute Gasteiger partial charge is 0.410 e. The molecule has 1 aromatic rings. The molecule has 0 bridgehead atoms. The third-order valence-corrected chi connectivity index (χ3v) is 2.25. The van der Waals surface area contributed by atoms with Gasteiger partial charge in [0, 0.05) is 4.47 Å². The average molecular weight is 318 g/mol.